The van der Waals surface area contributed by atoms with E-state index in [1.54, 1.807) is 24.3 Å². The third-order valence-corrected chi connectivity index (χ3v) is 6.24. The minimum atomic E-state index is -2.97. The van der Waals surface area contributed by atoms with E-state index in [2.05, 4.69) is 15.5 Å². The first-order valence-electron chi connectivity index (χ1n) is 11.5. The molecule has 0 bridgehead atoms. The molecular weight excluding hydrogens is 474 g/mol. The van der Waals surface area contributed by atoms with E-state index in [9.17, 15) is 28.0 Å². The largest absolute Gasteiger partial charge is 0.465 e. The molecule has 11 heteroatoms. The number of nitrogens with one attached hydrogen (secondary N) is 2. The van der Waals surface area contributed by atoms with Crippen LogP contribution in [0.3, 0.4) is 0 Å². The van der Waals surface area contributed by atoms with Gasteiger partial charge in [0.05, 0.1) is 29.5 Å². The number of halogens is 2. The Morgan fingerprint density at radius 3 is 2.39 bits per heavy atom. The van der Waals surface area contributed by atoms with Crippen LogP contribution in [0.15, 0.2) is 42.5 Å². The molecule has 0 spiro atoms. The summed E-state index contributed by atoms with van der Waals surface area (Å²) >= 11 is 0. The van der Waals surface area contributed by atoms with Crippen LogP contribution < -0.4 is 15.5 Å². The number of hydrogen-bond donors (Lipinski definition) is 2. The molecule has 2 N–H and O–H groups in total. The van der Waals surface area contributed by atoms with Crippen LogP contribution >= 0.6 is 0 Å². The molecule has 3 amide bonds. The molecule has 2 heterocycles. The summed E-state index contributed by atoms with van der Waals surface area (Å²) in [4.78, 5) is 54.1. The summed E-state index contributed by atoms with van der Waals surface area (Å²) < 4.78 is 31.8. The van der Waals surface area contributed by atoms with E-state index in [0.29, 0.717) is 18.0 Å². The second kappa shape index (κ2) is 10.4. The zero-order valence-corrected chi connectivity index (χ0v) is 19.8. The van der Waals surface area contributed by atoms with Crippen molar-refractivity contribution in [2.75, 3.05) is 37.0 Å². The van der Waals surface area contributed by atoms with E-state index >= 15 is 0 Å². The third kappa shape index (κ3) is 4.92. The molecule has 2 aliphatic rings. The molecular formula is C25H26F2N4O5. The second-order valence-corrected chi connectivity index (χ2v) is 8.68. The number of carbonyl (C=O) groups is 4. The molecule has 1 saturated heterocycles. The fraction of sp³-hybridized carbons (Fsp3) is 0.360. The Morgan fingerprint density at radius 2 is 1.81 bits per heavy atom. The summed E-state index contributed by atoms with van der Waals surface area (Å²) in [6.07, 6.45) is -4.02. The molecule has 2 aliphatic heterocycles. The standard InChI is InChI=1S/C25H26F2N4O5/c1-14-13-30(10-9-28-14)15-7-8-19(18(11-15)25(35)36-2)29-22(32)20(12-21(26)27)31-23(33)16-5-3-4-6-17(16)24(31)34/h3-8,11,14,20-21,28H,9-10,12-13H2,1-2H3,(H,29,32)/t14-,20-/m0/s1. The SMILES string of the molecule is COC(=O)c1cc(N2CCN[C@@H](C)C2)ccc1NC(=O)[C@H](CC(F)F)N1C(=O)c2ccccc2C1=O. The Kier molecular flexibility index (Phi) is 7.30. The predicted octanol–water partition coefficient (Wildman–Crippen LogP) is 2.53. The van der Waals surface area contributed by atoms with Crippen LogP contribution in [0.2, 0.25) is 0 Å². The number of amides is 3. The quantitative estimate of drug-likeness (QED) is 0.444. The maximum absolute atomic E-state index is 13.5. The minimum Gasteiger partial charge on any atom is -0.465 e. The lowest BCUT2D eigenvalue weighted by molar-refractivity contribution is -0.121. The van der Waals surface area contributed by atoms with Crippen molar-refractivity contribution in [2.24, 2.45) is 0 Å². The van der Waals surface area contributed by atoms with E-state index < -0.39 is 42.6 Å². The number of piperazine rings is 1. The molecule has 0 aliphatic carbocycles. The van der Waals surface area contributed by atoms with Crippen LogP contribution in [-0.2, 0) is 9.53 Å². The lowest BCUT2D eigenvalue weighted by atomic mass is 10.1. The molecule has 0 radical (unpaired) electrons. The third-order valence-electron chi connectivity index (χ3n) is 6.24. The van der Waals surface area contributed by atoms with Crippen LogP contribution in [-0.4, -0.2) is 73.8 Å². The molecule has 0 saturated carbocycles. The lowest BCUT2D eigenvalue weighted by Gasteiger charge is -2.34. The first-order chi connectivity index (χ1) is 17.2. The second-order valence-electron chi connectivity index (χ2n) is 8.68. The van der Waals surface area contributed by atoms with Crippen molar-refractivity contribution in [1.29, 1.82) is 0 Å². The Morgan fingerprint density at radius 1 is 1.14 bits per heavy atom. The first-order valence-corrected chi connectivity index (χ1v) is 11.5. The van der Waals surface area contributed by atoms with Crippen molar-refractivity contribution in [3.05, 3.63) is 59.2 Å². The van der Waals surface area contributed by atoms with Crippen LogP contribution in [0, 0.1) is 0 Å². The van der Waals surface area contributed by atoms with Crippen LogP contribution in [0.25, 0.3) is 0 Å². The van der Waals surface area contributed by atoms with Gasteiger partial charge in [0.1, 0.15) is 6.04 Å². The zero-order valence-electron chi connectivity index (χ0n) is 19.8. The van der Waals surface area contributed by atoms with Gasteiger partial charge in [-0.2, -0.15) is 0 Å². The molecule has 36 heavy (non-hydrogen) atoms. The number of imide groups is 1. The number of rotatable bonds is 7. The van der Waals surface area contributed by atoms with Gasteiger partial charge in [-0.05, 0) is 37.3 Å². The normalized spacial score (nSPS) is 18.3. The van der Waals surface area contributed by atoms with E-state index in [0.717, 1.165) is 12.2 Å². The molecule has 1 fully saturated rings. The number of nitrogens with zero attached hydrogens (tertiary/aromatic N) is 2. The molecule has 190 valence electrons. The van der Waals surface area contributed by atoms with Crippen LogP contribution in [0.5, 0.6) is 0 Å². The van der Waals surface area contributed by atoms with Crippen molar-refractivity contribution < 1.29 is 32.7 Å². The maximum atomic E-state index is 13.5. The molecule has 2 aromatic carbocycles. The number of ether oxygens (including phenoxy) is 1. The fourth-order valence-electron chi connectivity index (χ4n) is 4.49. The van der Waals surface area contributed by atoms with E-state index in [-0.39, 0.29) is 28.4 Å². The van der Waals surface area contributed by atoms with Crippen molar-refractivity contribution in [1.82, 2.24) is 10.2 Å². The zero-order chi connectivity index (χ0) is 26.0. The van der Waals surface area contributed by atoms with Gasteiger partial charge in [-0.3, -0.25) is 19.3 Å². The number of methoxy groups -OCH3 is 1. The molecule has 9 nitrogen and oxygen atoms in total. The fourth-order valence-corrected chi connectivity index (χ4v) is 4.49. The minimum absolute atomic E-state index is 0.0210. The van der Waals surface area contributed by atoms with Crippen molar-refractivity contribution in [2.45, 2.75) is 31.9 Å². The lowest BCUT2D eigenvalue weighted by Crippen LogP contribution is -2.49. The predicted molar refractivity (Wildman–Crippen MR) is 127 cm³/mol. The summed E-state index contributed by atoms with van der Waals surface area (Å²) in [5, 5.41) is 5.79. The number of benzene rings is 2. The average Bonchev–Trinajstić information content (AvgIpc) is 3.12. The highest BCUT2D eigenvalue weighted by molar-refractivity contribution is 6.23. The van der Waals surface area contributed by atoms with Crippen molar-refractivity contribution in [3.63, 3.8) is 0 Å². The molecule has 2 aromatic rings. The van der Waals surface area contributed by atoms with E-state index in [1.807, 2.05) is 6.92 Å². The number of esters is 1. The summed E-state index contributed by atoms with van der Waals surface area (Å²) in [6, 6.07) is 9.07. The highest BCUT2D eigenvalue weighted by Gasteiger charge is 2.43. The molecule has 0 unspecified atom stereocenters. The van der Waals surface area contributed by atoms with Crippen molar-refractivity contribution in [3.8, 4) is 0 Å². The summed E-state index contributed by atoms with van der Waals surface area (Å²) in [5.74, 6) is -3.40. The summed E-state index contributed by atoms with van der Waals surface area (Å²) in [6.45, 7) is 4.18. The number of alkyl halides is 2. The highest BCUT2D eigenvalue weighted by Crippen LogP contribution is 2.29. The number of carbonyl (C=O) groups excluding carboxylic acids is 4. The molecule has 4 rings (SSSR count). The van der Waals surface area contributed by atoms with Gasteiger partial charge in [0, 0.05) is 37.8 Å². The Bertz CT molecular complexity index is 1170. The van der Waals surface area contributed by atoms with Gasteiger partial charge in [0.2, 0.25) is 12.3 Å². The topological polar surface area (TPSA) is 108 Å². The monoisotopic (exact) mass is 500 g/mol. The first kappa shape index (κ1) is 25.2. The van der Waals surface area contributed by atoms with Gasteiger partial charge >= 0.3 is 5.97 Å². The van der Waals surface area contributed by atoms with E-state index in [1.165, 1.54) is 25.3 Å². The van der Waals surface area contributed by atoms with Gasteiger partial charge in [-0.15, -0.1) is 0 Å². The Labute approximate surface area is 206 Å². The average molecular weight is 501 g/mol. The molecule has 0 aromatic heterocycles. The van der Waals surface area contributed by atoms with Gasteiger partial charge in [-0.25, -0.2) is 13.6 Å². The van der Waals surface area contributed by atoms with Crippen molar-refractivity contribution >= 4 is 35.1 Å². The highest BCUT2D eigenvalue weighted by atomic mass is 19.3. The smallest absolute Gasteiger partial charge is 0.340 e. The van der Waals surface area contributed by atoms with Gasteiger partial charge in [0.15, 0.2) is 0 Å². The van der Waals surface area contributed by atoms with Gasteiger partial charge < -0.3 is 20.3 Å². The Balaban J connectivity index is 1.63. The van der Waals surface area contributed by atoms with Gasteiger partial charge in [-0.1, -0.05) is 12.1 Å². The summed E-state index contributed by atoms with van der Waals surface area (Å²) in [5.41, 5.74) is 0.854. The van der Waals surface area contributed by atoms with Gasteiger partial charge in [0.25, 0.3) is 11.8 Å². The summed E-state index contributed by atoms with van der Waals surface area (Å²) in [7, 11) is 1.19. The van der Waals surface area contributed by atoms with Crippen LogP contribution in [0.4, 0.5) is 20.2 Å². The number of fused-ring (bicyclic) bond motifs is 1. The maximum Gasteiger partial charge on any atom is 0.340 e. The Hall–Kier alpha value is -3.86. The van der Waals surface area contributed by atoms with Crippen LogP contribution in [0.1, 0.15) is 44.4 Å². The number of hydrogen-bond acceptors (Lipinski definition) is 7. The van der Waals surface area contributed by atoms with E-state index in [4.69, 9.17) is 4.74 Å². The molecule has 2 atom stereocenters. The number of anilines is 2.